The molecule has 1 amide bonds. The summed E-state index contributed by atoms with van der Waals surface area (Å²) < 4.78 is 0. The Bertz CT molecular complexity index is 788. The Kier molecular flexibility index (Phi) is 7.56. The Balaban J connectivity index is 1.36. The molecule has 0 spiro atoms. The second-order valence-electron chi connectivity index (χ2n) is 6.59. The zero-order valence-corrected chi connectivity index (χ0v) is 17.5. The molecule has 0 atom stereocenters. The standard InChI is InChI=1S/C20H26ClN5OS/c1-22-20(24-11-10-23-19(27)16-5-2-3-6-17(16)21)25-15-8-12-26(13-9-15)18-7-4-14-28-18/h2-7,14-15H,8-13H2,1H3,(H,23,27)(H2,22,24,25). The molecular weight excluding hydrogens is 394 g/mol. The van der Waals surface area contributed by atoms with E-state index in [2.05, 4.69) is 43.4 Å². The van der Waals surface area contributed by atoms with Gasteiger partial charge in [-0.25, -0.2) is 0 Å². The van der Waals surface area contributed by atoms with Gasteiger partial charge in [-0.1, -0.05) is 23.7 Å². The van der Waals surface area contributed by atoms with Crippen LogP contribution in [0.25, 0.3) is 0 Å². The Morgan fingerprint density at radius 2 is 1.93 bits per heavy atom. The number of hydrogen-bond donors (Lipinski definition) is 3. The van der Waals surface area contributed by atoms with Crippen molar-refractivity contribution in [1.82, 2.24) is 16.0 Å². The van der Waals surface area contributed by atoms with E-state index in [4.69, 9.17) is 11.6 Å². The Morgan fingerprint density at radius 3 is 2.61 bits per heavy atom. The van der Waals surface area contributed by atoms with Gasteiger partial charge in [-0.3, -0.25) is 9.79 Å². The zero-order chi connectivity index (χ0) is 19.8. The fourth-order valence-electron chi connectivity index (χ4n) is 3.18. The predicted molar refractivity (Wildman–Crippen MR) is 118 cm³/mol. The lowest BCUT2D eigenvalue weighted by atomic mass is 10.1. The number of halogens is 1. The third kappa shape index (κ3) is 5.62. The van der Waals surface area contributed by atoms with Crippen LogP contribution in [0, 0.1) is 0 Å². The van der Waals surface area contributed by atoms with Crippen LogP contribution in [-0.4, -0.2) is 51.1 Å². The summed E-state index contributed by atoms with van der Waals surface area (Å²) in [4.78, 5) is 18.9. The smallest absolute Gasteiger partial charge is 0.252 e. The molecule has 1 saturated heterocycles. The molecule has 28 heavy (non-hydrogen) atoms. The van der Waals surface area contributed by atoms with Crippen LogP contribution in [0.2, 0.25) is 5.02 Å². The number of rotatable bonds is 6. The number of hydrogen-bond acceptors (Lipinski definition) is 4. The topological polar surface area (TPSA) is 68.8 Å². The van der Waals surface area contributed by atoms with E-state index < -0.39 is 0 Å². The van der Waals surface area contributed by atoms with Gasteiger partial charge in [-0.05, 0) is 42.5 Å². The number of carbonyl (C=O) groups excluding carboxylic acids is 1. The summed E-state index contributed by atoms with van der Waals surface area (Å²) in [6.07, 6.45) is 2.14. The van der Waals surface area contributed by atoms with E-state index in [1.54, 1.807) is 42.6 Å². The minimum atomic E-state index is -0.170. The van der Waals surface area contributed by atoms with Crippen molar-refractivity contribution < 1.29 is 4.79 Å². The highest BCUT2D eigenvalue weighted by Gasteiger charge is 2.20. The van der Waals surface area contributed by atoms with Gasteiger partial charge in [0.15, 0.2) is 5.96 Å². The van der Waals surface area contributed by atoms with Gasteiger partial charge in [0.05, 0.1) is 15.6 Å². The minimum absolute atomic E-state index is 0.170. The second kappa shape index (κ2) is 10.3. The molecule has 150 valence electrons. The normalized spacial score (nSPS) is 15.4. The van der Waals surface area contributed by atoms with Crippen molar-refractivity contribution >= 4 is 39.8 Å². The molecule has 1 aliphatic heterocycles. The average molecular weight is 420 g/mol. The highest BCUT2D eigenvalue weighted by Crippen LogP contribution is 2.24. The van der Waals surface area contributed by atoms with Gasteiger partial charge in [0, 0.05) is 39.3 Å². The van der Waals surface area contributed by atoms with Gasteiger partial charge in [0.1, 0.15) is 0 Å². The molecule has 0 aliphatic carbocycles. The number of carbonyl (C=O) groups is 1. The number of aliphatic imine (C=N–C) groups is 1. The average Bonchev–Trinajstić information content (AvgIpc) is 3.26. The van der Waals surface area contributed by atoms with E-state index in [0.717, 1.165) is 31.9 Å². The molecule has 1 aliphatic rings. The van der Waals surface area contributed by atoms with E-state index in [0.29, 0.717) is 29.7 Å². The molecule has 8 heteroatoms. The Hall–Kier alpha value is -2.25. The first kappa shape index (κ1) is 20.5. The molecule has 1 aromatic heterocycles. The van der Waals surface area contributed by atoms with Gasteiger partial charge in [-0.15, -0.1) is 11.3 Å². The van der Waals surface area contributed by atoms with Crippen LogP contribution in [0.1, 0.15) is 23.2 Å². The van der Waals surface area contributed by atoms with Crippen molar-refractivity contribution in [2.75, 3.05) is 38.1 Å². The third-order valence-electron chi connectivity index (χ3n) is 4.70. The predicted octanol–water partition coefficient (Wildman–Crippen LogP) is 2.97. The molecule has 1 aromatic carbocycles. The Labute approximate surface area is 175 Å². The number of nitrogens with zero attached hydrogens (tertiary/aromatic N) is 2. The monoisotopic (exact) mass is 419 g/mol. The second-order valence-corrected chi connectivity index (χ2v) is 7.93. The van der Waals surface area contributed by atoms with E-state index >= 15 is 0 Å². The van der Waals surface area contributed by atoms with Crippen molar-refractivity contribution in [2.24, 2.45) is 4.99 Å². The molecule has 3 N–H and O–H groups in total. The number of nitrogens with one attached hydrogen (secondary N) is 3. The molecule has 0 radical (unpaired) electrons. The number of thiophene rings is 1. The van der Waals surface area contributed by atoms with Crippen LogP contribution in [0.15, 0.2) is 46.8 Å². The lowest BCUT2D eigenvalue weighted by Gasteiger charge is -2.33. The van der Waals surface area contributed by atoms with E-state index in [9.17, 15) is 4.79 Å². The van der Waals surface area contributed by atoms with Gasteiger partial charge < -0.3 is 20.9 Å². The Morgan fingerprint density at radius 1 is 1.18 bits per heavy atom. The van der Waals surface area contributed by atoms with Crippen LogP contribution < -0.4 is 20.9 Å². The van der Waals surface area contributed by atoms with Gasteiger partial charge in [-0.2, -0.15) is 0 Å². The molecule has 2 heterocycles. The number of guanidine groups is 1. The van der Waals surface area contributed by atoms with Crippen LogP contribution in [0.3, 0.4) is 0 Å². The molecule has 6 nitrogen and oxygen atoms in total. The number of benzene rings is 1. The van der Waals surface area contributed by atoms with Crippen molar-refractivity contribution in [1.29, 1.82) is 0 Å². The summed E-state index contributed by atoms with van der Waals surface area (Å²) in [6, 6.07) is 11.7. The van der Waals surface area contributed by atoms with Gasteiger partial charge >= 0.3 is 0 Å². The first-order valence-corrected chi connectivity index (χ1v) is 10.7. The van der Waals surface area contributed by atoms with Crippen molar-refractivity contribution in [3.8, 4) is 0 Å². The minimum Gasteiger partial charge on any atom is -0.363 e. The van der Waals surface area contributed by atoms with Gasteiger partial charge in [0.25, 0.3) is 5.91 Å². The highest BCUT2D eigenvalue weighted by atomic mass is 35.5. The number of amides is 1. The van der Waals surface area contributed by atoms with Gasteiger partial charge in [0.2, 0.25) is 0 Å². The molecule has 0 saturated carbocycles. The first-order chi connectivity index (χ1) is 13.7. The third-order valence-corrected chi connectivity index (χ3v) is 5.96. The van der Waals surface area contributed by atoms with Crippen LogP contribution >= 0.6 is 22.9 Å². The van der Waals surface area contributed by atoms with E-state index in [-0.39, 0.29) is 5.91 Å². The number of anilines is 1. The summed E-state index contributed by atoms with van der Waals surface area (Å²) in [6.45, 7) is 3.16. The van der Waals surface area contributed by atoms with Crippen molar-refractivity contribution in [3.63, 3.8) is 0 Å². The van der Waals surface area contributed by atoms with E-state index in [1.165, 1.54) is 5.00 Å². The lowest BCUT2D eigenvalue weighted by Crippen LogP contribution is -2.49. The summed E-state index contributed by atoms with van der Waals surface area (Å²) in [5.41, 5.74) is 0.490. The maximum absolute atomic E-state index is 12.2. The lowest BCUT2D eigenvalue weighted by molar-refractivity contribution is 0.0954. The van der Waals surface area contributed by atoms with Crippen LogP contribution in [0.4, 0.5) is 5.00 Å². The summed E-state index contributed by atoms with van der Waals surface area (Å²) >= 11 is 7.84. The SMILES string of the molecule is CN=C(NCCNC(=O)c1ccccc1Cl)NC1CCN(c2cccs2)CC1. The van der Waals surface area contributed by atoms with Crippen LogP contribution in [-0.2, 0) is 0 Å². The fourth-order valence-corrected chi connectivity index (χ4v) is 4.19. The molecule has 1 fully saturated rings. The van der Waals surface area contributed by atoms with Crippen molar-refractivity contribution in [2.45, 2.75) is 18.9 Å². The van der Waals surface area contributed by atoms with E-state index in [1.807, 2.05) is 0 Å². The maximum atomic E-state index is 12.2. The summed E-state index contributed by atoms with van der Waals surface area (Å²) in [7, 11) is 1.76. The zero-order valence-electron chi connectivity index (χ0n) is 16.0. The molecule has 2 aromatic rings. The maximum Gasteiger partial charge on any atom is 0.252 e. The highest BCUT2D eigenvalue weighted by molar-refractivity contribution is 7.14. The summed E-state index contributed by atoms with van der Waals surface area (Å²) in [5, 5.41) is 13.5. The molecule has 0 bridgehead atoms. The summed E-state index contributed by atoms with van der Waals surface area (Å²) in [5.74, 6) is 0.595. The quantitative estimate of drug-likeness (QED) is 0.382. The van der Waals surface area contributed by atoms with Crippen LogP contribution in [0.5, 0.6) is 0 Å². The largest absolute Gasteiger partial charge is 0.363 e. The first-order valence-electron chi connectivity index (χ1n) is 9.45. The fraction of sp³-hybridized carbons (Fsp3) is 0.400. The molecule has 3 rings (SSSR count). The number of piperidine rings is 1. The van der Waals surface area contributed by atoms with Crippen molar-refractivity contribution in [3.05, 3.63) is 52.4 Å². The molecular formula is C20H26ClN5OS. The molecule has 0 unspecified atom stereocenters.